The average Bonchev–Trinajstić information content (AvgIpc) is 3.13. The predicted octanol–water partition coefficient (Wildman–Crippen LogP) is 4.54. The van der Waals surface area contributed by atoms with Crippen LogP contribution in [0, 0.1) is 19.7 Å². The van der Waals surface area contributed by atoms with E-state index < -0.39 is 0 Å². The minimum atomic E-state index is -0.365. The summed E-state index contributed by atoms with van der Waals surface area (Å²) in [6, 6.07) is 14.2. The third-order valence-electron chi connectivity index (χ3n) is 5.38. The minimum Gasteiger partial charge on any atom is -0.372 e. The van der Waals surface area contributed by atoms with Crippen LogP contribution in [0.1, 0.15) is 35.5 Å². The zero-order chi connectivity index (χ0) is 21.4. The van der Waals surface area contributed by atoms with Gasteiger partial charge in [-0.3, -0.25) is 4.79 Å². The standard InChI is InChI=1S/C24H26FN3O2/c1-15-9-10-16(2)22(11-15)28-23(24(29)27-13-17(3)30-18(4)14-27)12-21(26-28)19-7-5-6-8-20(19)25/h5-12,17-18H,13-14H2,1-4H3. The van der Waals surface area contributed by atoms with E-state index in [1.165, 1.54) is 6.07 Å². The van der Waals surface area contributed by atoms with Crippen molar-refractivity contribution in [3.63, 3.8) is 0 Å². The molecule has 0 bridgehead atoms. The normalized spacial score (nSPS) is 19.2. The van der Waals surface area contributed by atoms with Gasteiger partial charge in [0.25, 0.3) is 5.91 Å². The summed E-state index contributed by atoms with van der Waals surface area (Å²) in [5, 5.41) is 4.67. The summed E-state index contributed by atoms with van der Waals surface area (Å²) < 4.78 is 21.9. The first-order valence-corrected chi connectivity index (χ1v) is 10.2. The maximum atomic E-state index is 14.5. The molecule has 1 aliphatic heterocycles. The molecule has 0 aliphatic carbocycles. The Morgan fingerprint density at radius 2 is 1.77 bits per heavy atom. The zero-order valence-corrected chi connectivity index (χ0v) is 17.7. The monoisotopic (exact) mass is 407 g/mol. The van der Waals surface area contributed by atoms with Crippen LogP contribution in [0.25, 0.3) is 16.9 Å². The van der Waals surface area contributed by atoms with Gasteiger partial charge < -0.3 is 9.64 Å². The number of hydrogen-bond acceptors (Lipinski definition) is 3. The second-order valence-electron chi connectivity index (χ2n) is 8.06. The van der Waals surface area contributed by atoms with E-state index in [-0.39, 0.29) is 23.9 Å². The van der Waals surface area contributed by atoms with Gasteiger partial charge in [-0.05, 0) is 63.1 Å². The molecule has 1 aliphatic rings. The molecule has 156 valence electrons. The van der Waals surface area contributed by atoms with Crippen LogP contribution in [0.5, 0.6) is 0 Å². The number of benzene rings is 2. The molecule has 2 unspecified atom stereocenters. The summed E-state index contributed by atoms with van der Waals surface area (Å²) >= 11 is 0. The average molecular weight is 407 g/mol. The van der Waals surface area contributed by atoms with Gasteiger partial charge >= 0.3 is 0 Å². The maximum absolute atomic E-state index is 14.5. The van der Waals surface area contributed by atoms with Crippen molar-refractivity contribution in [3.05, 3.63) is 71.2 Å². The summed E-state index contributed by atoms with van der Waals surface area (Å²) in [5.74, 6) is -0.497. The van der Waals surface area contributed by atoms with E-state index >= 15 is 0 Å². The highest BCUT2D eigenvalue weighted by Crippen LogP contribution is 2.27. The lowest BCUT2D eigenvalue weighted by molar-refractivity contribution is -0.0588. The molecule has 4 rings (SSSR count). The molecule has 1 aromatic heterocycles. The second-order valence-corrected chi connectivity index (χ2v) is 8.06. The fourth-order valence-electron chi connectivity index (χ4n) is 3.97. The summed E-state index contributed by atoms with van der Waals surface area (Å²) in [6.45, 7) is 8.92. The van der Waals surface area contributed by atoms with Crippen LogP contribution >= 0.6 is 0 Å². The number of rotatable bonds is 3. The van der Waals surface area contributed by atoms with E-state index in [1.54, 1.807) is 33.8 Å². The van der Waals surface area contributed by atoms with E-state index in [0.29, 0.717) is 30.0 Å². The molecule has 6 heteroatoms. The number of carbonyl (C=O) groups excluding carboxylic acids is 1. The predicted molar refractivity (Wildman–Crippen MR) is 114 cm³/mol. The number of aromatic nitrogens is 2. The highest BCUT2D eigenvalue weighted by atomic mass is 19.1. The third kappa shape index (κ3) is 3.87. The molecule has 0 radical (unpaired) electrons. The molecule has 0 saturated carbocycles. The number of ether oxygens (including phenoxy) is 1. The van der Waals surface area contributed by atoms with Crippen LogP contribution in [-0.2, 0) is 4.74 Å². The molecule has 3 aromatic rings. The molecule has 0 spiro atoms. The van der Waals surface area contributed by atoms with Crippen molar-refractivity contribution in [1.82, 2.24) is 14.7 Å². The van der Waals surface area contributed by atoms with Gasteiger partial charge in [0.15, 0.2) is 0 Å². The fraction of sp³-hybridized carbons (Fsp3) is 0.333. The summed E-state index contributed by atoms with van der Waals surface area (Å²) in [6.07, 6.45) is -0.0818. The topological polar surface area (TPSA) is 47.4 Å². The number of aryl methyl sites for hydroxylation is 2. The first-order valence-electron chi connectivity index (χ1n) is 10.2. The van der Waals surface area contributed by atoms with Crippen LogP contribution < -0.4 is 0 Å². The van der Waals surface area contributed by atoms with E-state index in [1.807, 2.05) is 45.9 Å². The van der Waals surface area contributed by atoms with Crippen molar-refractivity contribution in [2.24, 2.45) is 0 Å². The Morgan fingerprint density at radius 3 is 2.47 bits per heavy atom. The van der Waals surface area contributed by atoms with E-state index in [0.717, 1.165) is 16.8 Å². The quantitative estimate of drug-likeness (QED) is 0.640. The molecule has 0 N–H and O–H groups in total. The maximum Gasteiger partial charge on any atom is 0.272 e. The van der Waals surface area contributed by atoms with Gasteiger partial charge in [-0.15, -0.1) is 0 Å². The number of morpholine rings is 1. The fourth-order valence-corrected chi connectivity index (χ4v) is 3.97. The van der Waals surface area contributed by atoms with Crippen LogP contribution in [0.2, 0.25) is 0 Å². The zero-order valence-electron chi connectivity index (χ0n) is 17.7. The number of hydrogen-bond donors (Lipinski definition) is 0. The Kier molecular flexibility index (Phi) is 5.43. The Hall–Kier alpha value is -2.99. The smallest absolute Gasteiger partial charge is 0.272 e. The van der Waals surface area contributed by atoms with Crippen molar-refractivity contribution in [2.75, 3.05) is 13.1 Å². The molecular formula is C24H26FN3O2. The van der Waals surface area contributed by atoms with Crippen molar-refractivity contribution < 1.29 is 13.9 Å². The Labute approximate surface area is 176 Å². The summed E-state index contributed by atoms with van der Waals surface area (Å²) in [4.78, 5) is 15.3. The molecule has 2 aromatic carbocycles. The van der Waals surface area contributed by atoms with Crippen LogP contribution in [-0.4, -0.2) is 45.9 Å². The molecule has 1 amide bonds. The second kappa shape index (κ2) is 8.03. The van der Waals surface area contributed by atoms with Gasteiger partial charge in [0.05, 0.1) is 23.6 Å². The Bertz CT molecular complexity index is 1080. The number of amides is 1. The summed E-state index contributed by atoms with van der Waals surface area (Å²) in [7, 11) is 0. The van der Waals surface area contributed by atoms with Gasteiger partial charge in [-0.1, -0.05) is 24.3 Å². The highest BCUT2D eigenvalue weighted by Gasteiger charge is 2.30. The molecule has 2 atom stereocenters. The first kappa shape index (κ1) is 20.3. The number of halogens is 1. The van der Waals surface area contributed by atoms with E-state index in [9.17, 15) is 9.18 Å². The van der Waals surface area contributed by atoms with E-state index in [4.69, 9.17) is 4.74 Å². The van der Waals surface area contributed by atoms with Crippen molar-refractivity contribution in [2.45, 2.75) is 39.9 Å². The van der Waals surface area contributed by atoms with Gasteiger partial charge in [-0.2, -0.15) is 5.10 Å². The van der Waals surface area contributed by atoms with Crippen LogP contribution in [0.4, 0.5) is 4.39 Å². The number of nitrogens with zero attached hydrogens (tertiary/aromatic N) is 3. The first-order chi connectivity index (χ1) is 14.3. The highest BCUT2D eigenvalue weighted by molar-refractivity contribution is 5.94. The Balaban J connectivity index is 1.85. The van der Waals surface area contributed by atoms with Gasteiger partial charge in [-0.25, -0.2) is 9.07 Å². The lowest BCUT2D eigenvalue weighted by atomic mass is 10.1. The third-order valence-corrected chi connectivity index (χ3v) is 5.38. The van der Waals surface area contributed by atoms with Crippen LogP contribution in [0.15, 0.2) is 48.5 Å². The molecular weight excluding hydrogens is 381 g/mol. The Morgan fingerprint density at radius 1 is 1.07 bits per heavy atom. The van der Waals surface area contributed by atoms with E-state index in [2.05, 4.69) is 5.10 Å². The van der Waals surface area contributed by atoms with Crippen molar-refractivity contribution in [3.8, 4) is 16.9 Å². The van der Waals surface area contributed by atoms with Gasteiger partial charge in [0.2, 0.25) is 0 Å². The molecule has 30 heavy (non-hydrogen) atoms. The SMILES string of the molecule is Cc1ccc(C)c(-n2nc(-c3ccccc3F)cc2C(=O)N2CC(C)OC(C)C2)c1. The largest absolute Gasteiger partial charge is 0.372 e. The van der Waals surface area contributed by atoms with Crippen molar-refractivity contribution in [1.29, 1.82) is 0 Å². The molecule has 5 nitrogen and oxygen atoms in total. The minimum absolute atomic E-state index is 0.0409. The lowest BCUT2D eigenvalue weighted by Gasteiger charge is -2.35. The molecule has 1 fully saturated rings. The van der Waals surface area contributed by atoms with Crippen molar-refractivity contribution >= 4 is 5.91 Å². The van der Waals surface area contributed by atoms with Crippen LogP contribution in [0.3, 0.4) is 0 Å². The van der Waals surface area contributed by atoms with Gasteiger partial charge in [0, 0.05) is 18.7 Å². The lowest BCUT2D eigenvalue weighted by Crippen LogP contribution is -2.48. The summed E-state index contributed by atoms with van der Waals surface area (Å²) in [5.41, 5.74) is 4.09. The molecule has 2 heterocycles. The number of carbonyl (C=O) groups is 1. The molecule has 1 saturated heterocycles. The van der Waals surface area contributed by atoms with Gasteiger partial charge in [0.1, 0.15) is 11.5 Å².